The topological polar surface area (TPSA) is 29.1 Å². The van der Waals surface area contributed by atoms with Gasteiger partial charge in [0.2, 0.25) is 5.91 Å². The van der Waals surface area contributed by atoms with Crippen molar-refractivity contribution in [1.29, 1.82) is 0 Å². The van der Waals surface area contributed by atoms with Gasteiger partial charge in [0, 0.05) is 19.4 Å². The smallest absolute Gasteiger partial charge is 0.224 e. The second-order valence-corrected chi connectivity index (χ2v) is 4.53. The fourth-order valence-corrected chi connectivity index (χ4v) is 1.86. The molecule has 1 rings (SSSR count). The van der Waals surface area contributed by atoms with Gasteiger partial charge in [-0.3, -0.25) is 4.79 Å². The summed E-state index contributed by atoms with van der Waals surface area (Å²) in [6.45, 7) is 4.85. The van der Waals surface area contributed by atoms with Gasteiger partial charge in [0.15, 0.2) is 0 Å². The van der Waals surface area contributed by atoms with Crippen molar-refractivity contribution in [3.63, 3.8) is 0 Å². The lowest BCUT2D eigenvalue weighted by Gasteiger charge is -2.14. The van der Waals surface area contributed by atoms with E-state index in [1.807, 2.05) is 0 Å². The number of benzene rings is 1. The van der Waals surface area contributed by atoms with Crippen molar-refractivity contribution in [3.05, 3.63) is 59.7 Å². The lowest BCUT2D eigenvalue weighted by Crippen LogP contribution is -2.19. The number of rotatable bonds is 6. The highest BCUT2D eigenvalue weighted by molar-refractivity contribution is 5.78. The van der Waals surface area contributed by atoms with Crippen LogP contribution in [0.15, 0.2) is 48.6 Å². The molecule has 1 N–H and O–H groups in total. The Bertz CT molecular complexity index is 506. The minimum atomic E-state index is -0.694. The molecular weight excluding hydrogens is 260 g/mol. The molecule has 2 nitrogen and oxygen atoms in total. The highest BCUT2D eigenvalue weighted by Gasteiger charge is 2.17. The molecule has 1 aromatic rings. The van der Waals surface area contributed by atoms with E-state index >= 15 is 0 Å². The third-order valence-electron chi connectivity index (χ3n) is 3.12. The molecule has 1 amide bonds. The van der Waals surface area contributed by atoms with Gasteiger partial charge in [-0.2, -0.15) is 0 Å². The summed E-state index contributed by atoms with van der Waals surface area (Å²) in [5, 5.41) is 2.53. The van der Waals surface area contributed by atoms with Crippen LogP contribution in [0.4, 0.5) is 8.78 Å². The minimum absolute atomic E-state index is 0.0410. The third-order valence-corrected chi connectivity index (χ3v) is 3.12. The van der Waals surface area contributed by atoms with Crippen LogP contribution in [0.3, 0.4) is 0 Å². The van der Waals surface area contributed by atoms with Gasteiger partial charge in [-0.25, -0.2) is 8.78 Å². The predicted octanol–water partition coefficient (Wildman–Crippen LogP) is 3.81. The lowest BCUT2D eigenvalue weighted by atomic mass is 9.93. The van der Waals surface area contributed by atoms with Crippen molar-refractivity contribution in [2.45, 2.75) is 25.7 Å². The maximum Gasteiger partial charge on any atom is 0.224 e. The molecule has 20 heavy (non-hydrogen) atoms. The maximum absolute atomic E-state index is 13.5. The Kier molecular flexibility index (Phi) is 6.10. The normalized spacial score (nSPS) is 12.9. The van der Waals surface area contributed by atoms with Crippen molar-refractivity contribution in [2.75, 3.05) is 7.05 Å². The second kappa shape index (κ2) is 7.58. The van der Waals surface area contributed by atoms with Crippen LogP contribution >= 0.6 is 0 Å². The summed E-state index contributed by atoms with van der Waals surface area (Å²) in [7, 11) is 1.57. The Hall–Kier alpha value is -1.97. The van der Waals surface area contributed by atoms with Crippen LogP contribution in [0.1, 0.15) is 30.4 Å². The molecule has 1 unspecified atom stereocenters. The van der Waals surface area contributed by atoms with Crippen molar-refractivity contribution in [2.24, 2.45) is 0 Å². The fraction of sp³-hybridized carbons (Fsp3) is 0.312. The van der Waals surface area contributed by atoms with E-state index in [-0.39, 0.29) is 24.6 Å². The summed E-state index contributed by atoms with van der Waals surface area (Å²) in [6.07, 6.45) is 1.54. The Morgan fingerprint density at radius 1 is 1.35 bits per heavy atom. The molecule has 0 bridgehead atoms. The lowest BCUT2D eigenvalue weighted by molar-refractivity contribution is -0.119. The monoisotopic (exact) mass is 279 g/mol. The maximum atomic E-state index is 13.5. The summed E-state index contributed by atoms with van der Waals surface area (Å²) in [4.78, 5) is 11.3. The van der Waals surface area contributed by atoms with Gasteiger partial charge in [0.1, 0.15) is 5.83 Å². The van der Waals surface area contributed by atoms with Crippen LogP contribution in [0, 0.1) is 0 Å². The van der Waals surface area contributed by atoms with Gasteiger partial charge in [-0.15, -0.1) is 0 Å². The summed E-state index contributed by atoms with van der Waals surface area (Å²) in [5.41, 5.74) is 1.47. The van der Waals surface area contributed by atoms with E-state index in [1.54, 1.807) is 38.2 Å². The molecule has 0 aliphatic rings. The Morgan fingerprint density at radius 2 is 1.95 bits per heavy atom. The van der Waals surface area contributed by atoms with Crippen LogP contribution < -0.4 is 5.32 Å². The second-order valence-electron chi connectivity index (χ2n) is 4.53. The molecule has 4 heteroatoms. The fourth-order valence-electron chi connectivity index (χ4n) is 1.86. The average Bonchev–Trinajstić information content (AvgIpc) is 2.45. The van der Waals surface area contributed by atoms with Gasteiger partial charge in [-0.05, 0) is 18.1 Å². The number of hydrogen-bond acceptors (Lipinski definition) is 1. The van der Waals surface area contributed by atoms with Crippen LogP contribution in [0.25, 0.3) is 0 Å². The minimum Gasteiger partial charge on any atom is -0.359 e. The molecule has 0 saturated heterocycles. The summed E-state index contributed by atoms with van der Waals surface area (Å²) in [6, 6.07) is 6.90. The first kappa shape index (κ1) is 16.1. The molecule has 0 aliphatic carbocycles. The SMILES string of the molecule is C=C(F)C(C/C(F)=C\C)c1ccc(CC(=O)NC)cc1. The van der Waals surface area contributed by atoms with Gasteiger partial charge in [0.25, 0.3) is 0 Å². The standard InChI is InChI=1S/C16H19F2NO/c1-4-14(18)10-15(11(2)17)13-7-5-12(6-8-13)9-16(20)19-3/h4-8,15H,2,9-10H2,1,3H3,(H,19,20)/b14-4+. The number of carbonyl (C=O) groups excluding carboxylic acids is 1. The summed E-state index contributed by atoms with van der Waals surface area (Å²) < 4.78 is 26.8. The van der Waals surface area contributed by atoms with Gasteiger partial charge in [0.05, 0.1) is 12.2 Å². The molecule has 0 aliphatic heterocycles. The van der Waals surface area contributed by atoms with Gasteiger partial charge in [-0.1, -0.05) is 36.9 Å². The number of likely N-dealkylation sites (N-methyl/N-ethyl adjacent to an activating group) is 1. The molecule has 0 fully saturated rings. The van der Waals surface area contributed by atoms with Crippen LogP contribution in [0.5, 0.6) is 0 Å². The zero-order valence-electron chi connectivity index (χ0n) is 11.7. The molecule has 0 spiro atoms. The van der Waals surface area contributed by atoms with E-state index in [2.05, 4.69) is 11.9 Å². The van der Waals surface area contributed by atoms with E-state index in [0.29, 0.717) is 5.56 Å². The van der Waals surface area contributed by atoms with E-state index in [0.717, 1.165) is 5.56 Å². The van der Waals surface area contributed by atoms with Crippen LogP contribution in [-0.4, -0.2) is 13.0 Å². The number of carbonyl (C=O) groups is 1. The Morgan fingerprint density at radius 3 is 2.40 bits per heavy atom. The van der Waals surface area contributed by atoms with E-state index < -0.39 is 11.7 Å². The first-order chi connectivity index (χ1) is 9.47. The van der Waals surface area contributed by atoms with Crippen molar-refractivity contribution in [3.8, 4) is 0 Å². The van der Waals surface area contributed by atoms with Gasteiger partial charge >= 0.3 is 0 Å². The Balaban J connectivity index is 2.88. The van der Waals surface area contributed by atoms with Crippen molar-refractivity contribution in [1.82, 2.24) is 5.32 Å². The predicted molar refractivity (Wildman–Crippen MR) is 76.7 cm³/mol. The summed E-state index contributed by atoms with van der Waals surface area (Å²) >= 11 is 0. The highest BCUT2D eigenvalue weighted by Crippen LogP contribution is 2.31. The van der Waals surface area contributed by atoms with Crippen molar-refractivity contribution < 1.29 is 13.6 Å². The Labute approximate surface area is 118 Å². The molecule has 0 radical (unpaired) electrons. The number of allylic oxidation sites excluding steroid dienone is 3. The molecular formula is C16H19F2NO. The molecule has 108 valence electrons. The van der Waals surface area contributed by atoms with Gasteiger partial charge < -0.3 is 5.32 Å². The molecule has 0 aromatic heterocycles. The van der Waals surface area contributed by atoms with E-state index in [9.17, 15) is 13.6 Å². The summed E-state index contributed by atoms with van der Waals surface area (Å²) in [5.74, 6) is -1.73. The third kappa shape index (κ3) is 4.61. The van der Waals surface area contributed by atoms with E-state index in [1.165, 1.54) is 6.08 Å². The zero-order valence-corrected chi connectivity index (χ0v) is 11.7. The van der Waals surface area contributed by atoms with Crippen LogP contribution in [0.2, 0.25) is 0 Å². The largest absolute Gasteiger partial charge is 0.359 e. The van der Waals surface area contributed by atoms with Crippen molar-refractivity contribution >= 4 is 5.91 Å². The number of hydrogen-bond donors (Lipinski definition) is 1. The number of amides is 1. The van der Waals surface area contributed by atoms with Crippen LogP contribution in [-0.2, 0) is 11.2 Å². The number of nitrogens with one attached hydrogen (secondary N) is 1. The molecule has 0 saturated carbocycles. The highest BCUT2D eigenvalue weighted by atomic mass is 19.1. The number of halogens is 2. The average molecular weight is 279 g/mol. The molecule has 1 aromatic carbocycles. The van der Waals surface area contributed by atoms with E-state index in [4.69, 9.17) is 0 Å². The quantitative estimate of drug-likeness (QED) is 0.843. The zero-order chi connectivity index (χ0) is 15.1. The molecule has 1 atom stereocenters. The molecule has 0 heterocycles. The first-order valence-corrected chi connectivity index (χ1v) is 6.42. The first-order valence-electron chi connectivity index (χ1n) is 6.42.